The monoisotopic (exact) mass is 526 g/mol. The quantitative estimate of drug-likeness (QED) is 0.302. The average Bonchev–Trinajstić information content (AvgIpc) is 3.24. The van der Waals surface area contributed by atoms with Crippen LogP contribution in [0.5, 0.6) is 0 Å². The number of hydrazone groups is 1. The van der Waals surface area contributed by atoms with E-state index in [4.69, 9.17) is 4.52 Å². The number of aryl methyl sites for hydroxylation is 1. The van der Waals surface area contributed by atoms with Crippen LogP contribution >= 0.6 is 0 Å². The molecule has 0 saturated carbocycles. The lowest BCUT2D eigenvalue weighted by molar-refractivity contribution is -0.135. The van der Waals surface area contributed by atoms with Gasteiger partial charge in [0.25, 0.3) is 0 Å². The first-order chi connectivity index (χ1) is 18.2. The smallest absolute Gasteiger partial charge is 0.359 e. The van der Waals surface area contributed by atoms with Crippen molar-refractivity contribution in [3.8, 4) is 11.3 Å². The molecular weight excluding hydrogens is 503 g/mol. The van der Waals surface area contributed by atoms with Gasteiger partial charge < -0.3 is 4.52 Å². The summed E-state index contributed by atoms with van der Waals surface area (Å²) in [5, 5.41) is 10.1. The van der Waals surface area contributed by atoms with Crippen molar-refractivity contribution in [3.63, 3.8) is 0 Å². The molecule has 5 nitrogen and oxygen atoms in total. The van der Waals surface area contributed by atoms with E-state index < -0.39 is 24.2 Å². The van der Waals surface area contributed by atoms with Crippen LogP contribution in [0, 0.1) is 11.6 Å². The fourth-order valence-electron chi connectivity index (χ4n) is 4.29. The van der Waals surface area contributed by atoms with Gasteiger partial charge in [-0.1, -0.05) is 41.6 Å². The minimum Gasteiger partial charge on any atom is -0.359 e. The predicted octanol–water partition coefficient (Wildman–Crippen LogP) is 7.36. The Kier molecular flexibility index (Phi) is 7.22. The van der Waals surface area contributed by atoms with Crippen molar-refractivity contribution in [1.82, 2.24) is 10.2 Å². The van der Waals surface area contributed by atoms with Gasteiger partial charge in [0.15, 0.2) is 17.4 Å². The summed E-state index contributed by atoms with van der Waals surface area (Å²) in [4.78, 5) is 4.62. The van der Waals surface area contributed by atoms with E-state index in [1.54, 1.807) is 47.8 Å². The maximum absolute atomic E-state index is 14.4. The molecule has 0 amide bonds. The van der Waals surface area contributed by atoms with E-state index in [-0.39, 0.29) is 18.5 Å². The fourth-order valence-corrected chi connectivity index (χ4v) is 4.29. The van der Waals surface area contributed by atoms with E-state index >= 15 is 0 Å². The molecule has 196 valence electrons. The highest BCUT2D eigenvalue weighted by Gasteiger charge is 2.26. The molecule has 0 bridgehead atoms. The molecule has 2 aliphatic rings. The number of halogens is 5. The second-order valence-electron chi connectivity index (χ2n) is 9.06. The van der Waals surface area contributed by atoms with Crippen molar-refractivity contribution < 1.29 is 26.5 Å². The molecule has 0 N–H and O–H groups in total. The van der Waals surface area contributed by atoms with E-state index in [0.29, 0.717) is 42.1 Å². The molecule has 2 aliphatic heterocycles. The highest BCUT2D eigenvalue weighted by Crippen LogP contribution is 2.27. The van der Waals surface area contributed by atoms with Gasteiger partial charge in [-0.15, -0.1) is 0 Å². The van der Waals surface area contributed by atoms with Crippen LogP contribution in [0.3, 0.4) is 0 Å². The number of benzene rings is 2. The first kappa shape index (κ1) is 25.6. The first-order valence-electron chi connectivity index (χ1n) is 12.1. The Hall–Kier alpha value is -4.08. The number of allylic oxidation sites excluding steroid dienone is 2. The van der Waals surface area contributed by atoms with Gasteiger partial charge in [-0.2, -0.15) is 18.3 Å². The Bertz CT molecular complexity index is 1430. The summed E-state index contributed by atoms with van der Waals surface area (Å²) in [6, 6.07) is 13.0. The molecule has 3 aromatic rings. The van der Waals surface area contributed by atoms with Crippen LogP contribution in [0.4, 0.5) is 22.0 Å². The van der Waals surface area contributed by atoms with E-state index in [2.05, 4.69) is 15.3 Å². The summed E-state index contributed by atoms with van der Waals surface area (Å²) >= 11 is 0. The normalized spacial score (nSPS) is 15.5. The first-order valence-corrected chi connectivity index (χ1v) is 12.1. The van der Waals surface area contributed by atoms with Crippen LogP contribution in [0.2, 0.25) is 0 Å². The summed E-state index contributed by atoms with van der Waals surface area (Å²) in [5.74, 6) is -1.30. The lowest BCUT2D eigenvalue weighted by atomic mass is 10.0. The van der Waals surface area contributed by atoms with Crippen LogP contribution < -0.4 is 0 Å². The number of hydrogen-bond donors (Lipinski definition) is 0. The maximum atomic E-state index is 14.4. The molecule has 10 heteroatoms. The van der Waals surface area contributed by atoms with Crippen LogP contribution in [0.15, 0.2) is 86.7 Å². The van der Waals surface area contributed by atoms with Crippen LogP contribution in [0.25, 0.3) is 11.3 Å². The highest BCUT2D eigenvalue weighted by molar-refractivity contribution is 6.03. The molecule has 1 aromatic heterocycles. The second kappa shape index (κ2) is 10.7. The van der Waals surface area contributed by atoms with Gasteiger partial charge in [0, 0.05) is 29.2 Å². The van der Waals surface area contributed by atoms with Crippen molar-refractivity contribution in [2.24, 2.45) is 10.1 Å². The van der Waals surface area contributed by atoms with Gasteiger partial charge in [-0.3, -0.25) is 10.0 Å². The summed E-state index contributed by atoms with van der Waals surface area (Å²) in [7, 11) is 0. The third-order valence-electron chi connectivity index (χ3n) is 6.23. The fraction of sp³-hybridized carbons (Fsp3) is 0.250. The molecule has 5 rings (SSSR count). The summed E-state index contributed by atoms with van der Waals surface area (Å²) in [6.45, 7) is 0.259. The number of alkyl halides is 3. The Morgan fingerprint density at radius 3 is 2.63 bits per heavy atom. The van der Waals surface area contributed by atoms with Crippen molar-refractivity contribution >= 4 is 11.9 Å². The van der Waals surface area contributed by atoms with Gasteiger partial charge in [-0.05, 0) is 43.4 Å². The van der Waals surface area contributed by atoms with Crippen molar-refractivity contribution in [2.45, 2.75) is 44.8 Å². The third-order valence-corrected chi connectivity index (χ3v) is 6.23. The van der Waals surface area contributed by atoms with Gasteiger partial charge in [0.05, 0.1) is 23.8 Å². The SMILES string of the molecule is Fc1cccc(C2=NC3=CN(Cc4cc(-c5ccc(CCCC(F)(F)F)cc5)no4)N=CC3=CCC2)c1F. The molecule has 0 aliphatic carbocycles. The Morgan fingerprint density at radius 1 is 1.03 bits per heavy atom. The number of hydrogen-bond acceptors (Lipinski definition) is 5. The standard InChI is InChI=1S/C28H23F5N4O/c29-23-7-2-6-22(27(23)30)24-8-1-5-20-15-34-37(17-26(20)35-24)16-21-14-25(36-38-21)19-11-9-18(10-12-19)4-3-13-28(31,32)33/h2,5-7,9-12,14-15,17H,1,3-4,8,13,16H2. The third kappa shape index (κ3) is 6.07. The van der Waals surface area contributed by atoms with Crippen LogP contribution in [-0.2, 0) is 13.0 Å². The summed E-state index contributed by atoms with van der Waals surface area (Å²) < 4.78 is 70.7. The molecule has 2 aromatic carbocycles. The zero-order valence-electron chi connectivity index (χ0n) is 20.2. The minimum atomic E-state index is -4.15. The molecule has 0 atom stereocenters. The molecule has 0 spiro atoms. The molecule has 0 fully saturated rings. The maximum Gasteiger partial charge on any atom is 0.389 e. The largest absolute Gasteiger partial charge is 0.389 e. The molecular formula is C28H23F5N4O. The van der Waals surface area contributed by atoms with Crippen molar-refractivity contribution in [1.29, 1.82) is 0 Å². The van der Waals surface area contributed by atoms with E-state index in [1.807, 2.05) is 6.08 Å². The van der Waals surface area contributed by atoms with Gasteiger partial charge in [0.1, 0.15) is 12.2 Å². The van der Waals surface area contributed by atoms with E-state index in [9.17, 15) is 22.0 Å². The van der Waals surface area contributed by atoms with Crippen molar-refractivity contribution in [2.75, 3.05) is 0 Å². The zero-order chi connectivity index (χ0) is 26.7. The van der Waals surface area contributed by atoms with Crippen LogP contribution in [-0.4, -0.2) is 28.3 Å². The van der Waals surface area contributed by atoms with E-state index in [1.165, 1.54) is 12.1 Å². The average molecular weight is 527 g/mol. The number of nitrogens with zero attached hydrogens (tertiary/aromatic N) is 4. The Morgan fingerprint density at radius 2 is 1.84 bits per heavy atom. The lowest BCUT2D eigenvalue weighted by Crippen LogP contribution is -2.15. The predicted molar refractivity (Wildman–Crippen MR) is 133 cm³/mol. The zero-order valence-corrected chi connectivity index (χ0v) is 20.2. The molecule has 0 unspecified atom stereocenters. The van der Waals surface area contributed by atoms with Gasteiger partial charge in [0.2, 0.25) is 0 Å². The number of aromatic nitrogens is 1. The number of fused-ring (bicyclic) bond motifs is 1. The highest BCUT2D eigenvalue weighted by atomic mass is 19.4. The molecule has 0 saturated heterocycles. The van der Waals surface area contributed by atoms with Gasteiger partial charge >= 0.3 is 6.18 Å². The van der Waals surface area contributed by atoms with Crippen LogP contribution in [0.1, 0.15) is 42.6 Å². The molecule has 0 radical (unpaired) electrons. The summed E-state index contributed by atoms with van der Waals surface area (Å²) in [5.41, 5.74) is 4.16. The topological polar surface area (TPSA) is 54.0 Å². The van der Waals surface area contributed by atoms with Gasteiger partial charge in [-0.25, -0.2) is 8.78 Å². The Balaban J connectivity index is 1.27. The van der Waals surface area contributed by atoms with E-state index in [0.717, 1.165) is 22.8 Å². The number of rotatable bonds is 7. The molecule has 3 heterocycles. The minimum absolute atomic E-state index is 0.0441. The molecule has 38 heavy (non-hydrogen) atoms. The lowest BCUT2D eigenvalue weighted by Gasteiger charge is -2.18. The Labute approximate surface area is 215 Å². The second-order valence-corrected chi connectivity index (χ2v) is 9.06. The number of aliphatic imine (C=N–C) groups is 1. The summed E-state index contributed by atoms with van der Waals surface area (Å²) in [6.07, 6.45) is 1.85. The van der Waals surface area contributed by atoms with Crippen molar-refractivity contribution in [3.05, 3.63) is 101 Å².